The van der Waals surface area contributed by atoms with Crippen LogP contribution in [0.3, 0.4) is 0 Å². The number of nitrogens with zero attached hydrogens (tertiary/aromatic N) is 4. The number of aryl methyl sites for hydroxylation is 2. The van der Waals surface area contributed by atoms with Crippen LogP contribution in [0.15, 0.2) is 24.5 Å². The third-order valence-corrected chi connectivity index (χ3v) is 6.80. The summed E-state index contributed by atoms with van der Waals surface area (Å²) >= 11 is 1.47. The topological polar surface area (TPSA) is 72.3 Å². The molecule has 1 N–H and O–H groups in total. The van der Waals surface area contributed by atoms with Gasteiger partial charge in [-0.1, -0.05) is 25.2 Å². The Labute approximate surface area is 179 Å². The summed E-state index contributed by atoms with van der Waals surface area (Å²) in [6.45, 7) is 8.35. The molecule has 0 aliphatic carbocycles. The van der Waals surface area contributed by atoms with Gasteiger partial charge >= 0.3 is 0 Å². The van der Waals surface area contributed by atoms with Gasteiger partial charge in [-0.15, -0.1) is 0 Å². The van der Waals surface area contributed by atoms with E-state index in [4.69, 9.17) is 9.72 Å². The van der Waals surface area contributed by atoms with Crippen molar-refractivity contribution in [2.24, 2.45) is 12.5 Å². The molecule has 3 aromatic rings. The molecule has 7 nitrogen and oxygen atoms in total. The normalized spacial score (nSPS) is 17.6. The molecular weight excluding hydrogens is 398 g/mol. The predicted octanol–water partition coefficient (Wildman–Crippen LogP) is 3.69. The molecule has 0 fully saturated rings. The Bertz CT molecular complexity index is 1150. The molecular formula is C22H25N5O2S. The van der Waals surface area contributed by atoms with Gasteiger partial charge in [0.2, 0.25) is 0 Å². The zero-order valence-electron chi connectivity index (χ0n) is 17.7. The zero-order chi connectivity index (χ0) is 21.0. The Morgan fingerprint density at radius 1 is 1.30 bits per heavy atom. The highest BCUT2D eigenvalue weighted by Crippen LogP contribution is 2.43. The lowest BCUT2D eigenvalue weighted by atomic mass is 9.88. The molecule has 0 saturated carbocycles. The van der Waals surface area contributed by atoms with Crippen LogP contribution in [0.25, 0.3) is 11.1 Å². The highest BCUT2D eigenvalue weighted by atomic mass is 32.1. The maximum atomic E-state index is 12.6. The van der Waals surface area contributed by atoms with Crippen LogP contribution in [0.1, 0.15) is 34.8 Å². The first-order valence-electron chi connectivity index (χ1n) is 10.1. The van der Waals surface area contributed by atoms with Crippen molar-refractivity contribution in [2.75, 3.05) is 24.6 Å². The van der Waals surface area contributed by atoms with E-state index in [1.54, 1.807) is 4.68 Å². The smallest absolute Gasteiger partial charge is 0.263 e. The lowest BCUT2D eigenvalue weighted by Gasteiger charge is -2.30. The van der Waals surface area contributed by atoms with Crippen molar-refractivity contribution in [1.82, 2.24) is 20.1 Å². The van der Waals surface area contributed by atoms with Gasteiger partial charge in [-0.25, -0.2) is 4.98 Å². The molecule has 0 unspecified atom stereocenters. The average molecular weight is 424 g/mol. The number of nitrogens with one attached hydrogen (secondary N) is 1. The van der Waals surface area contributed by atoms with Gasteiger partial charge in [-0.05, 0) is 42.0 Å². The zero-order valence-corrected chi connectivity index (χ0v) is 18.5. The molecule has 0 radical (unpaired) electrons. The maximum Gasteiger partial charge on any atom is 0.263 e. The van der Waals surface area contributed by atoms with Gasteiger partial charge in [-0.3, -0.25) is 9.48 Å². The molecule has 2 aliphatic rings. The predicted molar refractivity (Wildman–Crippen MR) is 118 cm³/mol. The van der Waals surface area contributed by atoms with Crippen LogP contribution < -0.4 is 15.0 Å². The quantitative estimate of drug-likeness (QED) is 0.681. The van der Waals surface area contributed by atoms with E-state index in [9.17, 15) is 4.79 Å². The molecule has 0 saturated heterocycles. The van der Waals surface area contributed by atoms with Crippen LogP contribution in [0, 0.1) is 12.3 Å². The van der Waals surface area contributed by atoms with Crippen LogP contribution in [-0.4, -0.2) is 40.4 Å². The van der Waals surface area contributed by atoms with E-state index in [2.05, 4.69) is 48.2 Å². The van der Waals surface area contributed by atoms with Crippen molar-refractivity contribution in [3.8, 4) is 16.9 Å². The number of ether oxygens (including phenoxy) is 1. The number of benzene rings is 1. The number of thiazole rings is 1. The van der Waals surface area contributed by atoms with Gasteiger partial charge in [0.05, 0.1) is 24.1 Å². The number of hydrogen-bond donors (Lipinski definition) is 1. The van der Waals surface area contributed by atoms with E-state index >= 15 is 0 Å². The minimum absolute atomic E-state index is 0.0141. The van der Waals surface area contributed by atoms with Gasteiger partial charge in [-0.2, -0.15) is 5.10 Å². The number of rotatable bonds is 2. The Hall–Kier alpha value is -2.87. The number of anilines is 2. The van der Waals surface area contributed by atoms with Crippen LogP contribution in [0.2, 0.25) is 0 Å². The highest BCUT2D eigenvalue weighted by molar-refractivity contribution is 7.17. The van der Waals surface area contributed by atoms with E-state index in [1.165, 1.54) is 11.3 Å². The molecule has 1 amide bonds. The summed E-state index contributed by atoms with van der Waals surface area (Å²) in [6, 6.07) is 4.23. The van der Waals surface area contributed by atoms with Crippen LogP contribution >= 0.6 is 11.3 Å². The Balaban J connectivity index is 1.59. The first-order valence-corrected chi connectivity index (χ1v) is 10.9. The van der Waals surface area contributed by atoms with Gasteiger partial charge in [0.15, 0.2) is 5.13 Å². The SMILES string of the molecule is Cc1cc2c(cc1-c1cnn(C)c1)N(c1nc3c(s1)C(=O)NCC(C)(C)C3)CCO2. The van der Waals surface area contributed by atoms with E-state index in [0.29, 0.717) is 19.7 Å². The fourth-order valence-corrected chi connectivity index (χ4v) is 5.14. The summed E-state index contributed by atoms with van der Waals surface area (Å²) < 4.78 is 7.77. The summed E-state index contributed by atoms with van der Waals surface area (Å²) in [6.07, 6.45) is 4.67. The Morgan fingerprint density at radius 2 is 2.13 bits per heavy atom. The Kier molecular flexibility index (Phi) is 4.36. The molecule has 156 valence electrons. The van der Waals surface area contributed by atoms with Crippen molar-refractivity contribution < 1.29 is 9.53 Å². The van der Waals surface area contributed by atoms with E-state index in [0.717, 1.165) is 50.3 Å². The van der Waals surface area contributed by atoms with Crippen molar-refractivity contribution in [2.45, 2.75) is 27.2 Å². The fourth-order valence-electron chi connectivity index (χ4n) is 4.10. The first kappa shape index (κ1) is 19.1. The molecule has 5 rings (SSSR count). The van der Waals surface area contributed by atoms with Crippen molar-refractivity contribution >= 4 is 28.1 Å². The first-order chi connectivity index (χ1) is 14.3. The second-order valence-electron chi connectivity index (χ2n) is 8.83. The molecule has 1 aromatic carbocycles. The lowest BCUT2D eigenvalue weighted by molar-refractivity contribution is 0.0948. The second-order valence-corrected chi connectivity index (χ2v) is 9.81. The monoisotopic (exact) mass is 423 g/mol. The molecule has 2 aromatic heterocycles. The third kappa shape index (κ3) is 3.25. The molecule has 0 spiro atoms. The minimum atomic E-state index is -0.0206. The van der Waals surface area contributed by atoms with Crippen molar-refractivity contribution in [3.05, 3.63) is 40.7 Å². The summed E-state index contributed by atoms with van der Waals surface area (Å²) in [5.41, 5.74) is 5.19. The molecule has 0 bridgehead atoms. The van der Waals surface area contributed by atoms with Crippen molar-refractivity contribution in [1.29, 1.82) is 0 Å². The number of carbonyl (C=O) groups excluding carboxylic acids is 1. The van der Waals surface area contributed by atoms with E-state index < -0.39 is 0 Å². The van der Waals surface area contributed by atoms with E-state index in [1.807, 2.05) is 19.4 Å². The van der Waals surface area contributed by atoms with Gasteiger partial charge in [0, 0.05) is 25.4 Å². The summed E-state index contributed by atoms with van der Waals surface area (Å²) in [4.78, 5) is 20.5. The molecule has 0 atom stereocenters. The second kappa shape index (κ2) is 6.84. The summed E-state index contributed by atoms with van der Waals surface area (Å²) in [5.74, 6) is 0.828. The molecule has 4 heterocycles. The highest BCUT2D eigenvalue weighted by Gasteiger charge is 2.32. The Morgan fingerprint density at radius 3 is 2.90 bits per heavy atom. The van der Waals surface area contributed by atoms with E-state index in [-0.39, 0.29) is 11.3 Å². The largest absolute Gasteiger partial charge is 0.490 e. The van der Waals surface area contributed by atoms with Crippen LogP contribution in [0.4, 0.5) is 10.8 Å². The molecule has 8 heteroatoms. The van der Waals surface area contributed by atoms with Crippen LogP contribution in [-0.2, 0) is 13.5 Å². The van der Waals surface area contributed by atoms with Crippen LogP contribution in [0.5, 0.6) is 5.75 Å². The number of hydrogen-bond acceptors (Lipinski definition) is 6. The van der Waals surface area contributed by atoms with Gasteiger partial charge in [0.1, 0.15) is 17.2 Å². The minimum Gasteiger partial charge on any atom is -0.490 e. The summed E-state index contributed by atoms with van der Waals surface area (Å²) in [7, 11) is 1.92. The van der Waals surface area contributed by atoms with Gasteiger partial charge in [0.25, 0.3) is 5.91 Å². The standard InChI is InChI=1S/C22H25N5O2S/c1-13-7-18-17(8-15(13)14-10-24-26(4)11-14)27(5-6-29-18)21-25-16-9-22(2,3)12-23-20(28)19(16)30-21/h7-8,10-11H,5-6,9,12H2,1-4H3,(H,23,28). The lowest BCUT2D eigenvalue weighted by Crippen LogP contribution is -2.32. The number of aromatic nitrogens is 3. The fraction of sp³-hybridized carbons (Fsp3) is 0.409. The average Bonchev–Trinajstić information content (AvgIpc) is 3.28. The maximum absolute atomic E-state index is 12.6. The number of carbonyl (C=O) groups is 1. The number of fused-ring (bicyclic) bond motifs is 2. The summed E-state index contributed by atoms with van der Waals surface area (Å²) in [5, 5.41) is 8.21. The molecule has 30 heavy (non-hydrogen) atoms. The number of amides is 1. The van der Waals surface area contributed by atoms with Gasteiger partial charge < -0.3 is 15.0 Å². The molecule has 2 aliphatic heterocycles. The van der Waals surface area contributed by atoms with Crippen molar-refractivity contribution in [3.63, 3.8) is 0 Å². The third-order valence-electron chi connectivity index (χ3n) is 5.68.